The Morgan fingerprint density at radius 2 is 1.81 bits per heavy atom. The van der Waals surface area contributed by atoms with E-state index in [2.05, 4.69) is 11.4 Å². The maximum absolute atomic E-state index is 12.8. The summed E-state index contributed by atoms with van der Waals surface area (Å²) in [6, 6.07) is 7.05. The average molecular weight is 354 g/mol. The van der Waals surface area contributed by atoms with Gasteiger partial charge in [0.1, 0.15) is 0 Å². The van der Waals surface area contributed by atoms with Gasteiger partial charge in [0.25, 0.3) is 5.91 Å². The van der Waals surface area contributed by atoms with Gasteiger partial charge in [-0.2, -0.15) is 5.26 Å². The van der Waals surface area contributed by atoms with E-state index in [4.69, 9.17) is 14.7 Å². The van der Waals surface area contributed by atoms with E-state index in [0.717, 1.165) is 37.0 Å². The van der Waals surface area contributed by atoms with Crippen molar-refractivity contribution in [3.05, 3.63) is 23.8 Å². The molecule has 4 fully saturated rings. The molecule has 0 radical (unpaired) electrons. The first-order valence-corrected chi connectivity index (χ1v) is 9.57. The van der Waals surface area contributed by atoms with Gasteiger partial charge < -0.3 is 14.8 Å². The molecule has 26 heavy (non-hydrogen) atoms. The van der Waals surface area contributed by atoms with Crippen LogP contribution in [-0.4, -0.2) is 24.7 Å². The fourth-order valence-electron chi connectivity index (χ4n) is 5.71. The lowest BCUT2D eigenvalue weighted by atomic mass is 9.53. The summed E-state index contributed by atoms with van der Waals surface area (Å²) in [6.45, 7) is 1.77. The Labute approximate surface area is 154 Å². The molecular formula is C21H26N2O3. The van der Waals surface area contributed by atoms with E-state index in [0.29, 0.717) is 17.1 Å². The number of carbonyl (C=O) groups excluding carboxylic acids is 1. The molecule has 5 rings (SSSR count). The van der Waals surface area contributed by atoms with Crippen molar-refractivity contribution < 1.29 is 14.3 Å². The number of benzene rings is 1. The van der Waals surface area contributed by atoms with Gasteiger partial charge in [-0.3, -0.25) is 4.79 Å². The van der Waals surface area contributed by atoms with E-state index < -0.39 is 6.10 Å². The van der Waals surface area contributed by atoms with Crippen LogP contribution in [0.1, 0.15) is 51.0 Å². The number of hydrogen-bond acceptors (Lipinski definition) is 4. The van der Waals surface area contributed by atoms with Crippen molar-refractivity contribution >= 4 is 5.91 Å². The zero-order chi connectivity index (χ0) is 18.3. The standard InChI is InChI=1S/C21H26N2O3/c1-13(26-18-4-3-14(12-22)8-19(18)25-2)20(24)23-21-9-15-5-16(10-21)7-17(6-15)11-21/h3-4,8,13,15-17H,5-7,9-11H2,1-2H3,(H,23,24). The SMILES string of the molecule is COc1cc(C#N)ccc1OC(C)C(=O)NC12CC3CC(CC(C3)C1)C2. The Bertz CT molecular complexity index is 717. The van der Waals surface area contributed by atoms with Crippen LogP contribution >= 0.6 is 0 Å². The largest absolute Gasteiger partial charge is 0.493 e. The third-order valence-electron chi connectivity index (χ3n) is 6.39. The van der Waals surface area contributed by atoms with Gasteiger partial charge in [0.05, 0.1) is 18.7 Å². The van der Waals surface area contributed by atoms with Crippen molar-refractivity contribution in [1.82, 2.24) is 5.32 Å². The molecule has 5 heteroatoms. The fraction of sp³-hybridized carbons (Fsp3) is 0.619. The second kappa shape index (κ2) is 6.50. The maximum atomic E-state index is 12.8. The van der Waals surface area contributed by atoms with Crippen LogP contribution in [0.2, 0.25) is 0 Å². The molecule has 1 N–H and O–H groups in total. The second-order valence-electron chi connectivity index (χ2n) is 8.42. The van der Waals surface area contributed by atoms with Gasteiger partial charge in [0.15, 0.2) is 17.6 Å². The molecule has 0 aromatic heterocycles. The van der Waals surface area contributed by atoms with Crippen LogP contribution in [-0.2, 0) is 4.79 Å². The Morgan fingerprint density at radius 3 is 2.35 bits per heavy atom. The normalized spacial score (nSPS) is 32.6. The van der Waals surface area contributed by atoms with Gasteiger partial charge in [-0.05, 0) is 75.3 Å². The third-order valence-corrected chi connectivity index (χ3v) is 6.39. The molecule has 5 nitrogen and oxygen atoms in total. The molecule has 0 spiro atoms. The van der Waals surface area contributed by atoms with Crippen molar-refractivity contribution in [3.8, 4) is 17.6 Å². The van der Waals surface area contributed by atoms with Crippen molar-refractivity contribution in [1.29, 1.82) is 5.26 Å². The van der Waals surface area contributed by atoms with Crippen LogP contribution in [0.3, 0.4) is 0 Å². The molecule has 0 saturated heterocycles. The molecule has 1 atom stereocenters. The number of methoxy groups -OCH3 is 1. The topological polar surface area (TPSA) is 71.3 Å². The molecule has 1 aromatic rings. The average Bonchev–Trinajstić information content (AvgIpc) is 2.60. The number of rotatable bonds is 5. The highest BCUT2D eigenvalue weighted by atomic mass is 16.5. The Balaban J connectivity index is 1.43. The lowest BCUT2D eigenvalue weighted by Gasteiger charge is -2.57. The number of ether oxygens (including phenoxy) is 2. The number of hydrogen-bond donors (Lipinski definition) is 1. The van der Waals surface area contributed by atoms with Crippen LogP contribution in [0, 0.1) is 29.1 Å². The Kier molecular flexibility index (Phi) is 4.30. The van der Waals surface area contributed by atoms with Gasteiger partial charge in [-0.1, -0.05) is 0 Å². The van der Waals surface area contributed by atoms with E-state index in [1.165, 1.54) is 26.4 Å². The molecule has 138 valence electrons. The number of nitrogens with zero attached hydrogens (tertiary/aromatic N) is 1. The van der Waals surface area contributed by atoms with Crippen molar-refractivity contribution in [3.63, 3.8) is 0 Å². The van der Waals surface area contributed by atoms with Crippen LogP contribution in [0.5, 0.6) is 11.5 Å². The van der Waals surface area contributed by atoms with Crippen molar-refractivity contribution in [2.24, 2.45) is 17.8 Å². The maximum Gasteiger partial charge on any atom is 0.261 e. The summed E-state index contributed by atoms with van der Waals surface area (Å²) in [4.78, 5) is 12.8. The fourth-order valence-corrected chi connectivity index (χ4v) is 5.71. The monoisotopic (exact) mass is 354 g/mol. The van der Waals surface area contributed by atoms with E-state index in [1.807, 2.05) is 0 Å². The molecule has 0 heterocycles. The lowest BCUT2D eigenvalue weighted by molar-refractivity contribution is -0.133. The molecule has 1 aromatic carbocycles. The highest BCUT2D eigenvalue weighted by molar-refractivity contribution is 5.81. The first-order valence-electron chi connectivity index (χ1n) is 9.57. The van der Waals surface area contributed by atoms with E-state index in [-0.39, 0.29) is 11.4 Å². The summed E-state index contributed by atoms with van der Waals surface area (Å²) in [5.74, 6) is 3.26. The first-order chi connectivity index (χ1) is 12.5. The molecule has 4 aliphatic rings. The molecule has 1 amide bonds. The van der Waals surface area contributed by atoms with Crippen LogP contribution in [0.15, 0.2) is 18.2 Å². The minimum Gasteiger partial charge on any atom is -0.493 e. The van der Waals surface area contributed by atoms with E-state index >= 15 is 0 Å². The minimum absolute atomic E-state index is 0.0157. The molecule has 4 aliphatic carbocycles. The summed E-state index contributed by atoms with van der Waals surface area (Å²) in [5, 5.41) is 12.3. The summed E-state index contributed by atoms with van der Waals surface area (Å²) in [7, 11) is 1.53. The first kappa shape index (κ1) is 17.2. The smallest absolute Gasteiger partial charge is 0.261 e. The zero-order valence-electron chi connectivity index (χ0n) is 15.5. The number of nitriles is 1. The third kappa shape index (κ3) is 3.13. The number of amides is 1. The summed E-state index contributed by atoms with van der Waals surface area (Å²) in [6.07, 6.45) is 6.81. The van der Waals surface area contributed by atoms with Crippen LogP contribution in [0.4, 0.5) is 0 Å². The minimum atomic E-state index is -0.607. The lowest BCUT2D eigenvalue weighted by Crippen LogP contribution is -2.61. The molecule has 0 aliphatic heterocycles. The van der Waals surface area contributed by atoms with Crippen LogP contribution < -0.4 is 14.8 Å². The van der Waals surface area contributed by atoms with Gasteiger partial charge >= 0.3 is 0 Å². The van der Waals surface area contributed by atoms with Crippen molar-refractivity contribution in [2.75, 3.05) is 7.11 Å². The summed E-state index contributed by atoms with van der Waals surface area (Å²) in [5.41, 5.74) is 0.484. The molecule has 4 bridgehead atoms. The van der Waals surface area contributed by atoms with Gasteiger partial charge in [-0.15, -0.1) is 0 Å². The second-order valence-corrected chi connectivity index (χ2v) is 8.42. The number of carbonyl (C=O) groups is 1. The Hall–Kier alpha value is -2.22. The predicted molar refractivity (Wildman–Crippen MR) is 96.8 cm³/mol. The molecule has 1 unspecified atom stereocenters. The summed E-state index contributed by atoms with van der Waals surface area (Å²) < 4.78 is 11.2. The van der Waals surface area contributed by atoms with E-state index in [9.17, 15) is 4.79 Å². The van der Waals surface area contributed by atoms with E-state index in [1.54, 1.807) is 25.1 Å². The van der Waals surface area contributed by atoms with Crippen molar-refractivity contribution in [2.45, 2.75) is 57.1 Å². The van der Waals surface area contributed by atoms with Crippen LogP contribution in [0.25, 0.3) is 0 Å². The van der Waals surface area contributed by atoms with Gasteiger partial charge in [0.2, 0.25) is 0 Å². The predicted octanol–water partition coefficient (Wildman–Crippen LogP) is 3.42. The van der Waals surface area contributed by atoms with Gasteiger partial charge in [-0.25, -0.2) is 0 Å². The summed E-state index contributed by atoms with van der Waals surface area (Å²) >= 11 is 0. The van der Waals surface area contributed by atoms with Gasteiger partial charge in [0, 0.05) is 11.6 Å². The number of nitrogens with one attached hydrogen (secondary N) is 1. The molecule has 4 saturated carbocycles. The zero-order valence-corrected chi connectivity index (χ0v) is 15.5. The highest BCUT2D eigenvalue weighted by Crippen LogP contribution is 2.55. The molecular weight excluding hydrogens is 328 g/mol. The Morgan fingerprint density at radius 1 is 1.19 bits per heavy atom. The quantitative estimate of drug-likeness (QED) is 0.879. The highest BCUT2D eigenvalue weighted by Gasteiger charge is 2.51.